The summed E-state index contributed by atoms with van der Waals surface area (Å²) in [5.41, 5.74) is 0.988. The molecule has 0 fully saturated rings. The Hall–Kier alpha value is -1.90. The van der Waals surface area contributed by atoms with E-state index in [1.165, 1.54) is 0 Å². The molecule has 0 unspecified atom stereocenters. The van der Waals surface area contributed by atoms with Gasteiger partial charge in [0.2, 0.25) is 0 Å². The largest absolute Gasteiger partial charge is 0.491 e. The minimum Gasteiger partial charge on any atom is -0.460 e. The average Bonchev–Trinajstić information content (AvgIpc) is 2.56. The summed E-state index contributed by atoms with van der Waals surface area (Å²) in [6.07, 6.45) is 0. The van der Waals surface area contributed by atoms with Crippen molar-refractivity contribution in [2.24, 2.45) is 0 Å². The number of ether oxygens (including phenoxy) is 1. The van der Waals surface area contributed by atoms with Gasteiger partial charge in [-0.15, -0.1) is 0 Å². The van der Waals surface area contributed by atoms with Crippen LogP contribution in [0.4, 0.5) is 4.39 Å². The van der Waals surface area contributed by atoms with Crippen LogP contribution in [0.5, 0.6) is 0 Å². The first-order valence-corrected chi connectivity index (χ1v) is 8.04. The topological polar surface area (TPSA) is 96.2 Å². The molecule has 2 aromatic carbocycles. The zero-order valence-electron chi connectivity index (χ0n) is 13.9. The van der Waals surface area contributed by atoms with E-state index in [-0.39, 0.29) is 24.2 Å². The van der Waals surface area contributed by atoms with Crippen molar-refractivity contribution in [3.05, 3.63) is 58.4 Å². The lowest BCUT2D eigenvalue weighted by Crippen LogP contribution is -2.35. The maximum absolute atomic E-state index is 13.4. The molecule has 0 spiro atoms. The minimum atomic E-state index is -1.91. The summed E-state index contributed by atoms with van der Waals surface area (Å²) in [6.45, 7) is 1.52. The zero-order chi connectivity index (χ0) is 19.3. The van der Waals surface area contributed by atoms with Crippen molar-refractivity contribution in [3.8, 4) is 0 Å². The standard InChI is InChI=1S/C16H16B2ClFO6/c1-10-4-13(8-14(19)5-10)18(24)26-3-2-25-16(21)11-6-12(17(22)23)9-15(20)7-11/h4-9,22-24H,2-3H2,1H3. The highest BCUT2D eigenvalue weighted by molar-refractivity contribution is 6.60. The van der Waals surface area contributed by atoms with Crippen molar-refractivity contribution in [3.63, 3.8) is 0 Å². The Kier molecular flexibility index (Phi) is 7.19. The van der Waals surface area contributed by atoms with Crippen LogP contribution in [0.2, 0.25) is 5.02 Å². The van der Waals surface area contributed by atoms with Crippen LogP contribution in [-0.4, -0.2) is 48.5 Å². The first-order chi connectivity index (χ1) is 12.3. The van der Waals surface area contributed by atoms with Crippen molar-refractivity contribution in [2.45, 2.75) is 6.92 Å². The summed E-state index contributed by atoms with van der Waals surface area (Å²) in [6, 6.07) is 7.92. The van der Waals surface area contributed by atoms with Gasteiger partial charge < -0.3 is 24.5 Å². The number of carbonyl (C=O) groups excluding carboxylic acids is 1. The van der Waals surface area contributed by atoms with E-state index in [0.29, 0.717) is 10.5 Å². The molecule has 26 heavy (non-hydrogen) atoms. The lowest BCUT2D eigenvalue weighted by molar-refractivity contribution is 0.0439. The normalized spacial score (nSPS) is 10.5. The van der Waals surface area contributed by atoms with Gasteiger partial charge in [0.15, 0.2) is 0 Å². The number of carbonyl (C=O) groups is 1. The van der Waals surface area contributed by atoms with Gasteiger partial charge in [-0.2, -0.15) is 0 Å². The molecule has 0 aliphatic carbocycles. The molecule has 2 aromatic rings. The fourth-order valence-electron chi connectivity index (χ4n) is 2.26. The van der Waals surface area contributed by atoms with Crippen molar-refractivity contribution < 1.29 is 33.6 Å². The highest BCUT2D eigenvalue weighted by Crippen LogP contribution is 2.09. The molecule has 0 heterocycles. The predicted octanol–water partition coefficient (Wildman–Crippen LogP) is 0.0284. The highest BCUT2D eigenvalue weighted by atomic mass is 35.5. The molecular formula is C16H16B2ClFO6. The summed E-state index contributed by atoms with van der Waals surface area (Å²) >= 11 is 5.91. The molecule has 0 atom stereocenters. The third-order valence-corrected chi connectivity index (χ3v) is 3.61. The summed E-state index contributed by atoms with van der Waals surface area (Å²) in [5.74, 6) is -1.66. The summed E-state index contributed by atoms with van der Waals surface area (Å²) in [7, 11) is -3.15. The lowest BCUT2D eigenvalue weighted by atomic mass is 9.79. The maximum Gasteiger partial charge on any atom is 0.491 e. The average molecular weight is 380 g/mol. The molecule has 10 heteroatoms. The molecule has 6 nitrogen and oxygen atoms in total. The van der Waals surface area contributed by atoms with Crippen molar-refractivity contribution >= 4 is 42.7 Å². The molecule has 0 bridgehead atoms. The predicted molar refractivity (Wildman–Crippen MR) is 96.3 cm³/mol. The van der Waals surface area contributed by atoms with E-state index in [1.807, 2.05) is 6.92 Å². The number of esters is 1. The van der Waals surface area contributed by atoms with Crippen LogP contribution in [0.25, 0.3) is 0 Å². The van der Waals surface area contributed by atoms with E-state index in [9.17, 15) is 14.2 Å². The van der Waals surface area contributed by atoms with Gasteiger partial charge in [0, 0.05) is 5.02 Å². The Labute approximate surface area is 155 Å². The van der Waals surface area contributed by atoms with Gasteiger partial charge in [-0.1, -0.05) is 17.7 Å². The maximum atomic E-state index is 13.4. The Morgan fingerprint density at radius 2 is 1.81 bits per heavy atom. The van der Waals surface area contributed by atoms with Gasteiger partial charge in [-0.05, 0) is 53.7 Å². The van der Waals surface area contributed by atoms with E-state index in [1.54, 1.807) is 18.2 Å². The summed E-state index contributed by atoms with van der Waals surface area (Å²) in [5, 5.41) is 28.5. The van der Waals surface area contributed by atoms with Crippen LogP contribution in [0, 0.1) is 12.7 Å². The molecule has 3 N–H and O–H groups in total. The third kappa shape index (κ3) is 5.82. The highest BCUT2D eigenvalue weighted by Gasteiger charge is 2.19. The fraction of sp³-hybridized carbons (Fsp3) is 0.188. The lowest BCUT2D eigenvalue weighted by Gasteiger charge is -2.11. The van der Waals surface area contributed by atoms with Gasteiger partial charge in [0.25, 0.3) is 0 Å². The quantitative estimate of drug-likeness (QED) is 0.356. The Morgan fingerprint density at radius 3 is 2.46 bits per heavy atom. The smallest absolute Gasteiger partial charge is 0.460 e. The summed E-state index contributed by atoms with van der Waals surface area (Å²) in [4.78, 5) is 11.9. The first-order valence-electron chi connectivity index (χ1n) is 7.67. The SMILES string of the molecule is Cc1cc(Cl)cc(B(O)OCCOC(=O)c2cc(F)cc(B(O)O)c2)c1. The minimum absolute atomic E-state index is 0.108. The third-order valence-electron chi connectivity index (χ3n) is 3.40. The first kappa shape index (κ1) is 20.4. The Balaban J connectivity index is 1.87. The number of benzene rings is 2. The molecule has 0 amide bonds. The van der Waals surface area contributed by atoms with Gasteiger partial charge in [-0.3, -0.25) is 0 Å². The van der Waals surface area contributed by atoms with Gasteiger partial charge in [0.1, 0.15) is 12.4 Å². The summed E-state index contributed by atoms with van der Waals surface area (Å²) < 4.78 is 23.5. The number of hydrogen-bond acceptors (Lipinski definition) is 6. The fourth-order valence-corrected chi connectivity index (χ4v) is 2.56. The molecule has 0 saturated carbocycles. The van der Waals surface area contributed by atoms with Gasteiger partial charge in [0.05, 0.1) is 12.2 Å². The van der Waals surface area contributed by atoms with Crippen molar-refractivity contribution in [1.82, 2.24) is 0 Å². The second-order valence-electron chi connectivity index (χ2n) is 5.57. The van der Waals surface area contributed by atoms with Gasteiger partial charge >= 0.3 is 20.2 Å². The van der Waals surface area contributed by atoms with E-state index in [4.69, 9.17) is 31.0 Å². The van der Waals surface area contributed by atoms with Crippen molar-refractivity contribution in [2.75, 3.05) is 13.2 Å². The van der Waals surface area contributed by atoms with Crippen molar-refractivity contribution in [1.29, 1.82) is 0 Å². The molecule has 136 valence electrons. The number of hydrogen-bond donors (Lipinski definition) is 3. The number of rotatable bonds is 7. The van der Waals surface area contributed by atoms with Crippen LogP contribution in [0.15, 0.2) is 36.4 Å². The molecule has 0 radical (unpaired) electrons. The molecule has 2 rings (SSSR count). The number of aryl methyl sites for hydroxylation is 1. The van der Waals surface area contributed by atoms with Crippen LogP contribution in [-0.2, 0) is 9.39 Å². The van der Waals surface area contributed by atoms with Crippen LogP contribution in [0.3, 0.4) is 0 Å². The number of halogens is 2. The zero-order valence-corrected chi connectivity index (χ0v) is 14.6. The molecule has 0 aromatic heterocycles. The second-order valence-corrected chi connectivity index (χ2v) is 6.00. The van der Waals surface area contributed by atoms with E-state index >= 15 is 0 Å². The van der Waals surface area contributed by atoms with E-state index < -0.39 is 26.0 Å². The Morgan fingerprint density at radius 1 is 1.08 bits per heavy atom. The van der Waals surface area contributed by atoms with Crippen LogP contribution < -0.4 is 10.9 Å². The van der Waals surface area contributed by atoms with E-state index in [0.717, 1.165) is 23.8 Å². The Bertz CT molecular complexity index is 769. The van der Waals surface area contributed by atoms with Crippen LogP contribution in [0.1, 0.15) is 15.9 Å². The van der Waals surface area contributed by atoms with Crippen LogP contribution >= 0.6 is 11.6 Å². The molecule has 0 aliphatic rings. The molecular weight excluding hydrogens is 364 g/mol. The monoisotopic (exact) mass is 380 g/mol. The van der Waals surface area contributed by atoms with E-state index in [2.05, 4.69) is 0 Å². The second kappa shape index (κ2) is 9.16. The van der Waals surface area contributed by atoms with Gasteiger partial charge in [-0.25, -0.2) is 9.18 Å². The molecule has 0 aliphatic heterocycles. The molecule has 0 saturated heterocycles.